The molecular weight excluding hydrogens is 522 g/mol. The molecule has 0 radical (unpaired) electrons. The van der Waals surface area contributed by atoms with Crippen LogP contribution in [0.4, 0.5) is 0 Å². The number of benzene rings is 2. The van der Waals surface area contributed by atoms with Crippen LogP contribution in [0.25, 0.3) is 21.5 Å². The molecule has 2 saturated carbocycles. The minimum atomic E-state index is 0. The summed E-state index contributed by atoms with van der Waals surface area (Å²) in [7, 11) is 0. The van der Waals surface area contributed by atoms with Crippen molar-refractivity contribution in [2.45, 2.75) is 70.6 Å². The predicted molar refractivity (Wildman–Crippen MR) is 133 cm³/mol. The molecule has 0 unspecified atom stereocenters. The number of hydrogen-bond acceptors (Lipinski definition) is 0. The Bertz CT molecular complexity index is 806. The summed E-state index contributed by atoms with van der Waals surface area (Å²) in [4.78, 5) is 0. The number of rotatable bonds is 0. The van der Waals surface area contributed by atoms with Gasteiger partial charge in [0.25, 0.3) is 0 Å². The Hall–Kier alpha value is -0.747. The summed E-state index contributed by atoms with van der Waals surface area (Å²) < 4.78 is 0. The first-order chi connectivity index (χ1) is 14.9. The molecule has 0 bridgehead atoms. The molecule has 178 valence electrons. The smallest absolute Gasteiger partial charge is 1.00 e. The van der Waals surface area contributed by atoms with Crippen LogP contribution in [-0.4, -0.2) is 0 Å². The Morgan fingerprint density at radius 2 is 1.06 bits per heavy atom. The molecule has 3 heteroatoms. The first kappa shape index (κ1) is 32.3. The first-order valence-electron chi connectivity index (χ1n) is 11.8. The second kappa shape index (κ2) is 20.6. The van der Waals surface area contributed by atoms with Crippen LogP contribution in [0.3, 0.4) is 0 Å². The van der Waals surface area contributed by atoms with Gasteiger partial charge >= 0.3 is 26.2 Å². The maximum absolute atomic E-state index is 2.99. The standard InChI is InChI=1S/C13H9.2C6H11.C5H5.2ClH.Zr/c1-3-7-12-10(5-1)9-11-6-2-4-8-13(11)12;2*1-2-4-6-5-3-1;1-2-4-5-3-1;;;/h1-9H;2*1H,2-6H2;1-3H,4H2;2*1H;/q4*-1;;;+2/p-2. The van der Waals surface area contributed by atoms with Crippen molar-refractivity contribution in [2.24, 2.45) is 0 Å². The van der Waals surface area contributed by atoms with Gasteiger partial charge in [-0.15, -0.1) is 46.2 Å². The average Bonchev–Trinajstić information content (AvgIpc) is 3.54. The van der Waals surface area contributed by atoms with Crippen LogP contribution >= 0.6 is 0 Å². The molecule has 0 N–H and O–H groups in total. The van der Waals surface area contributed by atoms with Crippen LogP contribution in [0, 0.1) is 18.9 Å². The fourth-order valence-corrected chi connectivity index (χ4v) is 4.04. The van der Waals surface area contributed by atoms with E-state index in [0.29, 0.717) is 0 Å². The quantitative estimate of drug-likeness (QED) is 0.372. The van der Waals surface area contributed by atoms with E-state index in [-0.39, 0.29) is 51.0 Å². The third-order valence-electron chi connectivity index (χ3n) is 5.74. The molecule has 0 saturated heterocycles. The molecule has 33 heavy (non-hydrogen) atoms. The molecule has 3 aromatic carbocycles. The largest absolute Gasteiger partial charge is 2.00 e. The van der Waals surface area contributed by atoms with Crippen LogP contribution in [-0.2, 0) is 26.2 Å². The number of hydrogen-bond donors (Lipinski definition) is 0. The Labute approximate surface area is 233 Å². The average molecular weight is 559 g/mol. The maximum Gasteiger partial charge on any atom is 2.00 e. The second-order valence-electron chi connectivity index (χ2n) is 8.18. The molecule has 0 aromatic heterocycles. The van der Waals surface area contributed by atoms with Crippen LogP contribution < -0.4 is 24.8 Å². The van der Waals surface area contributed by atoms with Crippen molar-refractivity contribution in [3.63, 3.8) is 0 Å². The molecule has 0 spiro atoms. The van der Waals surface area contributed by atoms with Crippen molar-refractivity contribution < 1.29 is 51.0 Å². The van der Waals surface area contributed by atoms with E-state index in [2.05, 4.69) is 79.6 Å². The molecule has 3 aliphatic carbocycles. The van der Waals surface area contributed by atoms with Gasteiger partial charge in [0.05, 0.1) is 0 Å². The Morgan fingerprint density at radius 1 is 0.606 bits per heavy atom. The third-order valence-corrected chi connectivity index (χ3v) is 5.74. The van der Waals surface area contributed by atoms with Crippen LogP contribution in [0.15, 0.2) is 72.8 Å². The van der Waals surface area contributed by atoms with Gasteiger partial charge < -0.3 is 37.7 Å². The summed E-state index contributed by atoms with van der Waals surface area (Å²) in [5, 5.41) is 5.39. The summed E-state index contributed by atoms with van der Waals surface area (Å²) in [5.41, 5.74) is 0. The topological polar surface area (TPSA) is 0 Å². The van der Waals surface area contributed by atoms with Gasteiger partial charge in [0.15, 0.2) is 0 Å². The van der Waals surface area contributed by atoms with E-state index in [0.717, 1.165) is 6.42 Å². The molecule has 0 atom stereocenters. The zero-order chi connectivity index (χ0) is 20.7. The van der Waals surface area contributed by atoms with Gasteiger partial charge in [-0.05, 0) is 0 Å². The zero-order valence-corrected chi connectivity index (χ0v) is 23.6. The van der Waals surface area contributed by atoms with Crippen molar-refractivity contribution in [3.05, 3.63) is 91.7 Å². The molecule has 0 heterocycles. The van der Waals surface area contributed by atoms with Gasteiger partial charge in [-0.3, -0.25) is 6.08 Å². The Morgan fingerprint density at radius 3 is 1.33 bits per heavy atom. The van der Waals surface area contributed by atoms with Gasteiger partial charge in [0.2, 0.25) is 0 Å². The first-order valence-corrected chi connectivity index (χ1v) is 11.8. The van der Waals surface area contributed by atoms with Gasteiger partial charge in [-0.1, -0.05) is 74.9 Å². The predicted octanol–water partition coefficient (Wildman–Crippen LogP) is 3.33. The van der Waals surface area contributed by atoms with E-state index in [9.17, 15) is 0 Å². The molecule has 0 amide bonds. The fourth-order valence-electron chi connectivity index (χ4n) is 4.04. The zero-order valence-electron chi connectivity index (χ0n) is 19.6. The minimum absolute atomic E-state index is 0. The Balaban J connectivity index is 0.000000439. The summed E-state index contributed by atoms with van der Waals surface area (Å²) in [6.45, 7) is 0. The van der Waals surface area contributed by atoms with Gasteiger partial charge in [0.1, 0.15) is 0 Å². The molecule has 0 nitrogen and oxygen atoms in total. The van der Waals surface area contributed by atoms with Crippen LogP contribution in [0.2, 0.25) is 0 Å². The van der Waals surface area contributed by atoms with E-state index in [1.807, 2.05) is 12.2 Å². The monoisotopic (exact) mass is 556 g/mol. The van der Waals surface area contributed by atoms with Crippen molar-refractivity contribution >= 4 is 21.5 Å². The van der Waals surface area contributed by atoms with Crippen molar-refractivity contribution in [1.82, 2.24) is 0 Å². The van der Waals surface area contributed by atoms with Crippen LogP contribution in [0.5, 0.6) is 0 Å². The third kappa shape index (κ3) is 12.5. The van der Waals surface area contributed by atoms with E-state index < -0.39 is 0 Å². The van der Waals surface area contributed by atoms with Crippen molar-refractivity contribution in [2.75, 3.05) is 0 Å². The molecule has 6 rings (SSSR count). The number of allylic oxidation sites excluding steroid dienone is 4. The fraction of sp³-hybridized carbons (Fsp3) is 0.367. The SMILES string of the molecule is [C-]1=CC=CC1.[CH-]1CCCCC1.[CH-]1CCCCC1.[Cl-].[Cl-].[Zr+2].c1ccc2c(c1)[cH-]c1ccccc12. The summed E-state index contributed by atoms with van der Waals surface area (Å²) in [6, 6.07) is 19.3. The molecule has 0 aliphatic heterocycles. The van der Waals surface area contributed by atoms with Gasteiger partial charge in [-0.25, -0.2) is 12.2 Å². The molecule has 3 aromatic rings. The summed E-state index contributed by atoms with van der Waals surface area (Å²) >= 11 is 0. The minimum Gasteiger partial charge on any atom is -1.00 e. The summed E-state index contributed by atoms with van der Waals surface area (Å²) in [6.07, 6.45) is 29.0. The van der Waals surface area contributed by atoms with E-state index >= 15 is 0 Å². The number of fused-ring (bicyclic) bond motifs is 3. The van der Waals surface area contributed by atoms with Gasteiger partial charge in [0, 0.05) is 0 Å². The molecular formula is C30H36Cl2Zr-4. The maximum atomic E-state index is 2.99. The van der Waals surface area contributed by atoms with Crippen molar-refractivity contribution in [1.29, 1.82) is 0 Å². The van der Waals surface area contributed by atoms with E-state index in [1.54, 1.807) is 0 Å². The molecule has 3 aliphatic rings. The van der Waals surface area contributed by atoms with E-state index in [4.69, 9.17) is 0 Å². The summed E-state index contributed by atoms with van der Waals surface area (Å²) in [5.74, 6) is 0. The normalized spacial score (nSPS) is 15.8. The Kier molecular flexibility index (Phi) is 20.1. The van der Waals surface area contributed by atoms with Crippen molar-refractivity contribution in [3.8, 4) is 0 Å². The van der Waals surface area contributed by atoms with Crippen LogP contribution in [0.1, 0.15) is 70.6 Å². The number of halogens is 2. The van der Waals surface area contributed by atoms with Gasteiger partial charge in [-0.2, -0.15) is 31.8 Å². The molecule has 2 fully saturated rings. The second-order valence-corrected chi connectivity index (χ2v) is 8.18. The van der Waals surface area contributed by atoms with E-state index in [1.165, 1.54) is 85.8 Å².